The summed E-state index contributed by atoms with van der Waals surface area (Å²) in [5.41, 5.74) is 12.8. The molecule has 0 aliphatic carbocycles. The van der Waals surface area contributed by atoms with E-state index in [1.165, 1.54) is 38.0 Å². The summed E-state index contributed by atoms with van der Waals surface area (Å²) in [5.74, 6) is 1.88. The number of pyridine rings is 1. The van der Waals surface area contributed by atoms with Gasteiger partial charge >= 0.3 is 0 Å². The lowest BCUT2D eigenvalue weighted by molar-refractivity contribution is 1.07. The Morgan fingerprint density at radius 3 is 1.45 bits per heavy atom. The van der Waals surface area contributed by atoms with Gasteiger partial charge in [0.15, 0.2) is 17.5 Å². The predicted molar refractivity (Wildman–Crippen MR) is 269 cm³/mol. The highest BCUT2D eigenvalue weighted by atomic mass is 15.1. The van der Waals surface area contributed by atoms with E-state index in [1.54, 1.807) is 0 Å². The van der Waals surface area contributed by atoms with Crippen LogP contribution in [0.4, 0.5) is 17.1 Å². The van der Waals surface area contributed by atoms with Gasteiger partial charge in [-0.1, -0.05) is 158 Å². The Kier molecular flexibility index (Phi) is 8.42. The summed E-state index contributed by atoms with van der Waals surface area (Å²) in [7, 11) is 0. The number of hydrogen-bond acceptors (Lipinski definition) is 4. The number of anilines is 3. The fraction of sp³-hybridized carbons (Fsp3) is 0. The Morgan fingerprint density at radius 1 is 0.292 bits per heavy atom. The smallest absolute Gasteiger partial charge is 0.164 e. The predicted octanol–water partition coefficient (Wildman–Crippen LogP) is 15.2. The maximum absolute atomic E-state index is 5.13. The first-order chi connectivity index (χ1) is 32.2. The molecule has 0 fully saturated rings. The minimum Gasteiger partial charge on any atom is -0.310 e. The van der Waals surface area contributed by atoms with Crippen molar-refractivity contribution < 1.29 is 0 Å². The Hall–Kier alpha value is -8.87. The van der Waals surface area contributed by atoms with Crippen LogP contribution in [0.25, 0.3) is 99.8 Å². The van der Waals surface area contributed by atoms with Gasteiger partial charge in [0.05, 0.1) is 27.6 Å². The van der Waals surface area contributed by atoms with E-state index in [0.29, 0.717) is 17.5 Å². The van der Waals surface area contributed by atoms with Crippen LogP contribution in [0.15, 0.2) is 231 Å². The number of nitrogens with zero attached hydrogens (tertiary/aromatic N) is 6. The van der Waals surface area contributed by atoms with E-state index in [-0.39, 0.29) is 0 Å². The molecule has 6 nitrogen and oxygen atoms in total. The van der Waals surface area contributed by atoms with Crippen molar-refractivity contribution >= 4 is 77.0 Å². The van der Waals surface area contributed by atoms with E-state index in [9.17, 15) is 0 Å². The van der Waals surface area contributed by atoms with Gasteiger partial charge < -0.3 is 13.9 Å². The molecule has 0 N–H and O–H groups in total. The van der Waals surface area contributed by atoms with Crippen molar-refractivity contribution in [3.05, 3.63) is 231 Å². The van der Waals surface area contributed by atoms with Crippen molar-refractivity contribution in [1.29, 1.82) is 0 Å². The van der Waals surface area contributed by atoms with Gasteiger partial charge in [0.2, 0.25) is 0 Å². The fourth-order valence-electron chi connectivity index (χ4n) is 9.80. The van der Waals surface area contributed by atoms with E-state index >= 15 is 0 Å². The van der Waals surface area contributed by atoms with Crippen LogP contribution in [0, 0.1) is 0 Å². The third-order valence-corrected chi connectivity index (χ3v) is 12.7. The van der Waals surface area contributed by atoms with Crippen molar-refractivity contribution in [2.24, 2.45) is 0 Å². The SMILES string of the molecule is c1ccc(-c2nc(-c3ccccc3)nc(-c3cccc(-n4c5ccc(N(c6ccccc6)c6ccccc6)cc5c5ccc6c(cc7c8ccccc8c8ccccc8n76)c54)c3)n2)cc1. The Balaban J connectivity index is 1.10. The molecule has 9 aromatic carbocycles. The summed E-state index contributed by atoms with van der Waals surface area (Å²) >= 11 is 0. The summed E-state index contributed by atoms with van der Waals surface area (Å²) in [5, 5.41) is 7.20. The summed E-state index contributed by atoms with van der Waals surface area (Å²) in [6.45, 7) is 0. The number of rotatable bonds is 7. The highest BCUT2D eigenvalue weighted by Crippen LogP contribution is 2.44. The van der Waals surface area contributed by atoms with Crippen LogP contribution in [-0.2, 0) is 0 Å². The lowest BCUT2D eigenvalue weighted by atomic mass is 10.1. The number of benzene rings is 9. The highest BCUT2D eigenvalue weighted by Gasteiger charge is 2.22. The van der Waals surface area contributed by atoms with Crippen LogP contribution >= 0.6 is 0 Å². The normalized spacial score (nSPS) is 11.7. The third kappa shape index (κ3) is 5.99. The van der Waals surface area contributed by atoms with E-state index in [1.807, 2.05) is 60.7 Å². The first-order valence-corrected chi connectivity index (χ1v) is 21.9. The van der Waals surface area contributed by atoms with Crippen molar-refractivity contribution in [2.75, 3.05) is 4.90 Å². The van der Waals surface area contributed by atoms with E-state index in [2.05, 4.69) is 184 Å². The average molecular weight is 831 g/mol. The quantitative estimate of drug-likeness (QED) is 0.150. The average Bonchev–Trinajstić information content (AvgIpc) is 3.94. The molecule has 0 atom stereocenters. The van der Waals surface area contributed by atoms with Gasteiger partial charge in [-0.15, -0.1) is 0 Å². The first-order valence-electron chi connectivity index (χ1n) is 21.9. The first kappa shape index (κ1) is 36.8. The van der Waals surface area contributed by atoms with Gasteiger partial charge in [0.1, 0.15) is 0 Å². The molecular weight excluding hydrogens is 793 g/mol. The van der Waals surface area contributed by atoms with Crippen molar-refractivity contribution in [3.8, 4) is 39.9 Å². The second-order valence-electron chi connectivity index (χ2n) is 16.5. The topological polar surface area (TPSA) is 51.2 Å². The van der Waals surface area contributed by atoms with E-state index in [0.717, 1.165) is 61.4 Å². The number of hydrogen-bond donors (Lipinski definition) is 0. The molecule has 0 radical (unpaired) electrons. The lowest BCUT2D eigenvalue weighted by Crippen LogP contribution is -2.09. The van der Waals surface area contributed by atoms with Crippen molar-refractivity contribution in [3.63, 3.8) is 0 Å². The molecule has 65 heavy (non-hydrogen) atoms. The lowest BCUT2D eigenvalue weighted by Gasteiger charge is -2.25. The van der Waals surface area contributed by atoms with Crippen LogP contribution in [0.5, 0.6) is 0 Å². The number of aromatic nitrogens is 5. The monoisotopic (exact) mass is 830 g/mol. The zero-order valence-corrected chi connectivity index (χ0v) is 35.1. The molecule has 13 aromatic rings. The Bertz CT molecular complexity index is 3840. The molecule has 304 valence electrons. The molecule has 0 saturated carbocycles. The van der Waals surface area contributed by atoms with Crippen molar-refractivity contribution in [1.82, 2.24) is 23.9 Å². The van der Waals surface area contributed by atoms with Gasteiger partial charge in [-0.2, -0.15) is 0 Å². The number of fused-ring (bicyclic) bond motifs is 12. The Labute approximate surface area is 374 Å². The standard InChI is InChI=1S/C59H38N6/c1-5-18-39(19-6-1)57-60-58(40-20-7-2-8-21-40)62-59(61-57)41-22-17-27-44(36-41)64-53-34-32-45(63(42-23-9-3-10-24-42)43-25-11-4-12-26-43)37-50(53)49-33-35-54-51(56(49)64)38-55-48-30-14-13-28-46(48)47-29-15-16-31-52(47)65(54)55/h1-38H. The fourth-order valence-corrected chi connectivity index (χ4v) is 9.80. The van der Waals surface area contributed by atoms with Crippen LogP contribution in [-0.4, -0.2) is 23.9 Å². The van der Waals surface area contributed by atoms with Gasteiger partial charge in [-0.3, -0.25) is 0 Å². The molecule has 4 heterocycles. The van der Waals surface area contributed by atoms with Gasteiger partial charge in [-0.05, 0) is 78.2 Å². The highest BCUT2D eigenvalue weighted by molar-refractivity contribution is 6.23. The molecule has 13 rings (SSSR count). The second kappa shape index (κ2) is 14.9. The van der Waals surface area contributed by atoms with Crippen LogP contribution in [0.3, 0.4) is 0 Å². The molecule has 0 aliphatic rings. The Morgan fingerprint density at radius 2 is 0.800 bits per heavy atom. The van der Waals surface area contributed by atoms with Crippen LogP contribution in [0.1, 0.15) is 0 Å². The zero-order chi connectivity index (χ0) is 42.8. The maximum Gasteiger partial charge on any atom is 0.164 e. The summed E-state index contributed by atoms with van der Waals surface area (Å²) in [6.07, 6.45) is 0. The summed E-state index contributed by atoms with van der Waals surface area (Å²) in [4.78, 5) is 17.6. The molecule has 0 spiro atoms. The van der Waals surface area contributed by atoms with Crippen molar-refractivity contribution in [2.45, 2.75) is 0 Å². The maximum atomic E-state index is 5.13. The molecule has 0 saturated heterocycles. The third-order valence-electron chi connectivity index (χ3n) is 12.7. The molecule has 0 bridgehead atoms. The largest absolute Gasteiger partial charge is 0.310 e. The van der Waals surface area contributed by atoms with Gasteiger partial charge in [0.25, 0.3) is 0 Å². The van der Waals surface area contributed by atoms with E-state index < -0.39 is 0 Å². The summed E-state index contributed by atoms with van der Waals surface area (Å²) in [6, 6.07) is 81.6. The molecule has 4 aromatic heterocycles. The van der Waals surface area contributed by atoms with E-state index in [4.69, 9.17) is 15.0 Å². The minimum atomic E-state index is 0.613. The molecule has 0 aliphatic heterocycles. The molecule has 0 amide bonds. The second-order valence-corrected chi connectivity index (χ2v) is 16.5. The minimum absolute atomic E-state index is 0.613. The molecule has 6 heteroatoms. The molecule has 0 unspecified atom stereocenters. The van der Waals surface area contributed by atoms with Crippen LogP contribution < -0.4 is 4.90 Å². The number of para-hydroxylation sites is 3. The van der Waals surface area contributed by atoms with Crippen LogP contribution in [0.2, 0.25) is 0 Å². The van der Waals surface area contributed by atoms with Gasteiger partial charge in [0, 0.05) is 66.4 Å². The molecular formula is C59H38N6. The van der Waals surface area contributed by atoms with Gasteiger partial charge in [-0.25, -0.2) is 15.0 Å². The zero-order valence-electron chi connectivity index (χ0n) is 35.1. The summed E-state index contributed by atoms with van der Waals surface area (Å²) < 4.78 is 4.89.